The van der Waals surface area contributed by atoms with Gasteiger partial charge in [0.15, 0.2) is 17.3 Å². The number of likely N-dealkylation sites (tertiary alicyclic amines) is 1. The van der Waals surface area contributed by atoms with Crippen molar-refractivity contribution in [3.63, 3.8) is 0 Å². The SMILES string of the molecule is CCCCCOc1ccc(C2/C(=C(\O)c3c(C)nc4ccccn34)C(=O)C(=O)N2CCCN2CCOCC2)cc1OC. The van der Waals surface area contributed by atoms with Gasteiger partial charge in [0, 0.05) is 32.4 Å². The second-order valence-electron chi connectivity index (χ2n) is 10.7. The lowest BCUT2D eigenvalue weighted by molar-refractivity contribution is -0.140. The van der Waals surface area contributed by atoms with E-state index in [1.54, 1.807) is 35.6 Å². The molecule has 0 aliphatic carbocycles. The van der Waals surface area contributed by atoms with Crippen LogP contribution in [0, 0.1) is 6.92 Å². The van der Waals surface area contributed by atoms with Crippen molar-refractivity contribution < 1.29 is 28.9 Å². The van der Waals surface area contributed by atoms with Crippen molar-refractivity contribution in [2.75, 3.05) is 53.1 Å². The molecule has 0 radical (unpaired) electrons. The van der Waals surface area contributed by atoms with Gasteiger partial charge in [0.05, 0.1) is 44.2 Å². The Morgan fingerprint density at radius 2 is 1.88 bits per heavy atom. The van der Waals surface area contributed by atoms with E-state index in [-0.39, 0.29) is 11.3 Å². The van der Waals surface area contributed by atoms with Gasteiger partial charge in [-0.15, -0.1) is 0 Å². The first-order chi connectivity index (χ1) is 20.4. The van der Waals surface area contributed by atoms with Gasteiger partial charge in [-0.2, -0.15) is 0 Å². The first-order valence-corrected chi connectivity index (χ1v) is 14.8. The van der Waals surface area contributed by atoms with Gasteiger partial charge in [-0.1, -0.05) is 31.9 Å². The number of Topliss-reactive ketones (excluding diaryl/α,β-unsaturated/α-hetero) is 1. The number of ether oxygens (including phenoxy) is 3. The lowest BCUT2D eigenvalue weighted by atomic mass is 9.95. The summed E-state index contributed by atoms with van der Waals surface area (Å²) in [6, 6.07) is 10.2. The van der Waals surface area contributed by atoms with Crippen LogP contribution in [0.2, 0.25) is 0 Å². The van der Waals surface area contributed by atoms with Crippen molar-refractivity contribution in [2.45, 2.75) is 45.6 Å². The molecular formula is C32H40N4O6. The first-order valence-electron chi connectivity index (χ1n) is 14.8. The number of carbonyl (C=O) groups is 2. The second kappa shape index (κ2) is 13.4. The molecular weight excluding hydrogens is 536 g/mol. The number of morpholine rings is 1. The summed E-state index contributed by atoms with van der Waals surface area (Å²) < 4.78 is 18.9. The number of nitrogens with zero attached hydrogens (tertiary/aromatic N) is 4. The maximum absolute atomic E-state index is 13.7. The quantitative estimate of drug-likeness (QED) is 0.147. The van der Waals surface area contributed by atoms with E-state index in [1.165, 1.54) is 0 Å². The molecule has 2 aliphatic rings. The van der Waals surface area contributed by atoms with E-state index in [4.69, 9.17) is 14.2 Å². The van der Waals surface area contributed by atoms with Crippen LogP contribution >= 0.6 is 0 Å². The molecule has 0 bridgehead atoms. The Labute approximate surface area is 246 Å². The number of carbonyl (C=O) groups excluding carboxylic acids is 2. The Morgan fingerprint density at radius 1 is 1.07 bits per heavy atom. The van der Waals surface area contributed by atoms with Crippen LogP contribution in [0.15, 0.2) is 48.2 Å². The second-order valence-corrected chi connectivity index (χ2v) is 10.7. The van der Waals surface area contributed by atoms with Crippen LogP contribution in [0.25, 0.3) is 11.4 Å². The Hall–Kier alpha value is -3.89. The van der Waals surface area contributed by atoms with Crippen molar-refractivity contribution in [2.24, 2.45) is 0 Å². The van der Waals surface area contributed by atoms with Gasteiger partial charge in [-0.3, -0.25) is 18.9 Å². The van der Waals surface area contributed by atoms with E-state index in [9.17, 15) is 14.7 Å². The fraction of sp³-hybridized carbons (Fsp3) is 0.469. The average molecular weight is 577 g/mol. The number of ketones is 1. The number of pyridine rings is 1. The highest BCUT2D eigenvalue weighted by Crippen LogP contribution is 2.42. The van der Waals surface area contributed by atoms with E-state index < -0.39 is 17.7 Å². The number of unbranched alkanes of at least 4 members (excludes halogenated alkanes) is 2. The molecule has 5 rings (SSSR count). The monoisotopic (exact) mass is 576 g/mol. The zero-order valence-electron chi connectivity index (χ0n) is 24.7. The number of aryl methyl sites for hydroxylation is 1. The van der Waals surface area contributed by atoms with Crippen LogP contribution < -0.4 is 9.47 Å². The molecule has 0 saturated carbocycles. The van der Waals surface area contributed by atoms with Crippen molar-refractivity contribution in [3.05, 3.63) is 65.1 Å². The minimum Gasteiger partial charge on any atom is -0.505 e. The number of amides is 1. The molecule has 3 aromatic rings. The number of imidazole rings is 1. The average Bonchev–Trinajstić information content (AvgIpc) is 3.48. The number of hydrogen-bond donors (Lipinski definition) is 1. The number of methoxy groups -OCH3 is 1. The van der Waals surface area contributed by atoms with Crippen LogP contribution in [0.3, 0.4) is 0 Å². The largest absolute Gasteiger partial charge is 0.505 e. The summed E-state index contributed by atoms with van der Waals surface area (Å²) in [7, 11) is 1.57. The van der Waals surface area contributed by atoms with Gasteiger partial charge < -0.3 is 24.2 Å². The third kappa shape index (κ3) is 6.00. The molecule has 2 saturated heterocycles. The molecule has 2 aromatic heterocycles. The van der Waals surface area contributed by atoms with E-state index in [0.717, 1.165) is 38.9 Å². The molecule has 1 atom stereocenters. The van der Waals surface area contributed by atoms with Crippen LogP contribution in [0.4, 0.5) is 0 Å². The lowest BCUT2D eigenvalue weighted by Crippen LogP contribution is -2.39. The fourth-order valence-electron chi connectivity index (χ4n) is 5.78. The van der Waals surface area contributed by atoms with Gasteiger partial charge in [0.1, 0.15) is 11.3 Å². The summed E-state index contributed by atoms with van der Waals surface area (Å²) in [6.07, 6.45) is 5.56. The topological polar surface area (TPSA) is 106 Å². The van der Waals surface area contributed by atoms with Crippen LogP contribution in [0.5, 0.6) is 11.5 Å². The third-order valence-corrected chi connectivity index (χ3v) is 7.95. The number of hydrogen-bond acceptors (Lipinski definition) is 8. The lowest BCUT2D eigenvalue weighted by Gasteiger charge is -2.29. The number of aromatic nitrogens is 2. The van der Waals surface area contributed by atoms with Gasteiger partial charge in [0.2, 0.25) is 0 Å². The molecule has 1 amide bonds. The van der Waals surface area contributed by atoms with Crippen molar-refractivity contribution in [1.29, 1.82) is 0 Å². The van der Waals surface area contributed by atoms with Gasteiger partial charge in [-0.25, -0.2) is 4.98 Å². The highest BCUT2D eigenvalue weighted by Gasteiger charge is 2.46. The summed E-state index contributed by atoms with van der Waals surface area (Å²) in [6.45, 7) is 8.68. The zero-order chi connectivity index (χ0) is 29.6. The minimum absolute atomic E-state index is 0.0405. The maximum Gasteiger partial charge on any atom is 0.295 e. The minimum atomic E-state index is -0.800. The first kappa shape index (κ1) is 29.6. The van der Waals surface area contributed by atoms with Crippen molar-refractivity contribution >= 4 is 23.1 Å². The summed E-state index contributed by atoms with van der Waals surface area (Å²) in [5.74, 6) is -0.487. The Morgan fingerprint density at radius 3 is 2.64 bits per heavy atom. The molecule has 2 aliphatic heterocycles. The van der Waals surface area contributed by atoms with Crippen LogP contribution in [-0.4, -0.2) is 89.1 Å². The zero-order valence-corrected chi connectivity index (χ0v) is 24.7. The van der Waals surface area contributed by atoms with Crippen LogP contribution in [0.1, 0.15) is 55.6 Å². The smallest absolute Gasteiger partial charge is 0.295 e. The standard InChI is InChI=1S/C32H40N4O6/c1-4-5-8-18-42-24-12-11-23(21-25(24)40-3)29-27(30(37)28-22(2)33-26-10-6-7-14-35(26)28)31(38)32(39)36(29)15-9-13-34-16-19-41-20-17-34/h6-7,10-12,14,21,29,37H,4-5,8-9,13,15-20H2,1-3H3/b30-27+. The van der Waals surface area contributed by atoms with Gasteiger partial charge in [-0.05, 0) is 49.6 Å². The summed E-state index contributed by atoms with van der Waals surface area (Å²) in [5.41, 5.74) is 2.29. The van der Waals surface area contributed by atoms with E-state index >= 15 is 0 Å². The van der Waals surface area contributed by atoms with Crippen molar-refractivity contribution in [1.82, 2.24) is 19.2 Å². The summed E-state index contributed by atoms with van der Waals surface area (Å²) in [5, 5.41) is 11.7. The normalized spacial score (nSPS) is 19.1. The van der Waals surface area contributed by atoms with Gasteiger partial charge >= 0.3 is 0 Å². The maximum atomic E-state index is 13.7. The van der Waals surface area contributed by atoms with Crippen molar-refractivity contribution in [3.8, 4) is 11.5 Å². The Bertz CT molecular complexity index is 1460. The molecule has 42 heavy (non-hydrogen) atoms. The molecule has 1 N–H and O–H groups in total. The fourth-order valence-corrected chi connectivity index (χ4v) is 5.78. The third-order valence-electron chi connectivity index (χ3n) is 7.95. The molecule has 0 spiro atoms. The molecule has 10 nitrogen and oxygen atoms in total. The van der Waals surface area contributed by atoms with Gasteiger partial charge in [0.25, 0.3) is 11.7 Å². The Kier molecular flexibility index (Phi) is 9.44. The predicted octanol–water partition coefficient (Wildman–Crippen LogP) is 4.36. The number of aliphatic hydroxyl groups excluding tert-OH is 1. The molecule has 2 fully saturated rings. The molecule has 10 heteroatoms. The molecule has 1 unspecified atom stereocenters. The number of benzene rings is 1. The van der Waals surface area contributed by atoms with E-state index in [2.05, 4.69) is 16.8 Å². The summed E-state index contributed by atoms with van der Waals surface area (Å²) in [4.78, 5) is 35.6. The van der Waals surface area contributed by atoms with E-state index in [1.807, 2.05) is 30.3 Å². The molecule has 224 valence electrons. The van der Waals surface area contributed by atoms with E-state index in [0.29, 0.717) is 66.9 Å². The number of aliphatic hydroxyl groups is 1. The summed E-state index contributed by atoms with van der Waals surface area (Å²) >= 11 is 0. The molecule has 1 aromatic carbocycles. The highest BCUT2D eigenvalue weighted by molar-refractivity contribution is 6.46. The number of fused-ring (bicyclic) bond motifs is 1. The highest BCUT2D eigenvalue weighted by atomic mass is 16.5. The van der Waals surface area contributed by atoms with Crippen LogP contribution in [-0.2, 0) is 14.3 Å². The number of rotatable bonds is 12. The molecule has 4 heterocycles. The predicted molar refractivity (Wildman–Crippen MR) is 159 cm³/mol. The Balaban J connectivity index is 1.53.